The topological polar surface area (TPSA) is 162 Å². The molecular weight excluding hydrogens is 588 g/mol. The number of imide groups is 1. The van der Waals surface area contributed by atoms with E-state index in [9.17, 15) is 24.6 Å². The van der Waals surface area contributed by atoms with Crippen LogP contribution in [0.5, 0.6) is 0 Å². The molecule has 2 aliphatic rings. The van der Waals surface area contributed by atoms with Crippen LogP contribution >= 0.6 is 0 Å². The van der Waals surface area contributed by atoms with Gasteiger partial charge in [-0.25, -0.2) is 4.90 Å². The van der Waals surface area contributed by atoms with Crippen LogP contribution in [-0.4, -0.2) is 48.4 Å². The van der Waals surface area contributed by atoms with Gasteiger partial charge in [-0.15, -0.1) is 0 Å². The van der Waals surface area contributed by atoms with E-state index in [-0.39, 0.29) is 37.7 Å². The maximum atomic E-state index is 12.9. The monoisotopic (exact) mass is 620 g/mol. The number of para-hydroxylation sites is 1. The normalized spacial score (nSPS) is 19.7. The zero-order valence-electron chi connectivity index (χ0n) is 24.7. The molecule has 0 spiro atoms. The van der Waals surface area contributed by atoms with E-state index < -0.39 is 24.4 Å². The van der Waals surface area contributed by atoms with Gasteiger partial charge in [-0.3, -0.25) is 24.7 Å². The van der Waals surface area contributed by atoms with Crippen molar-refractivity contribution in [2.75, 3.05) is 5.32 Å². The van der Waals surface area contributed by atoms with Crippen molar-refractivity contribution in [3.05, 3.63) is 108 Å². The van der Waals surface area contributed by atoms with E-state index in [4.69, 9.17) is 4.42 Å². The molecule has 3 amide bonds. The van der Waals surface area contributed by atoms with Crippen molar-refractivity contribution < 1.29 is 29.0 Å². The number of aromatic nitrogens is 2. The van der Waals surface area contributed by atoms with Gasteiger partial charge in [-0.05, 0) is 42.3 Å². The lowest BCUT2D eigenvalue weighted by Crippen LogP contribution is -2.52. The summed E-state index contributed by atoms with van der Waals surface area (Å²) in [5.74, 6) is -0.422. The number of nitrogens with one attached hydrogen (secondary N) is 3. The quantitative estimate of drug-likeness (QED) is 0.156. The Labute approximate surface area is 263 Å². The van der Waals surface area contributed by atoms with Crippen LogP contribution in [-0.2, 0) is 34.0 Å². The van der Waals surface area contributed by atoms with Crippen molar-refractivity contribution in [3.8, 4) is 11.5 Å². The predicted molar refractivity (Wildman–Crippen MR) is 167 cm³/mol. The Morgan fingerprint density at radius 2 is 1.89 bits per heavy atom. The van der Waals surface area contributed by atoms with Crippen molar-refractivity contribution in [1.82, 2.24) is 25.1 Å². The molecule has 0 aliphatic carbocycles. The number of pyridine rings is 1. The third kappa shape index (κ3) is 5.65. The molecule has 1 saturated heterocycles. The molecule has 234 valence electrons. The molecular formula is C34H32N6O6. The van der Waals surface area contributed by atoms with Gasteiger partial charge in [0.1, 0.15) is 30.3 Å². The zero-order chi connectivity index (χ0) is 31.8. The Morgan fingerprint density at radius 1 is 1.02 bits per heavy atom. The fourth-order valence-corrected chi connectivity index (χ4v) is 6.21. The lowest BCUT2D eigenvalue weighted by atomic mass is 10.0. The number of nitrogens with zero attached hydrogens (tertiary/aromatic N) is 3. The molecule has 1 fully saturated rings. The molecule has 3 aromatic heterocycles. The average Bonchev–Trinajstić information content (AvgIpc) is 3.76. The Kier molecular flexibility index (Phi) is 7.83. The highest BCUT2D eigenvalue weighted by Crippen LogP contribution is 2.45. The maximum absolute atomic E-state index is 12.9. The van der Waals surface area contributed by atoms with E-state index in [1.54, 1.807) is 29.0 Å². The van der Waals surface area contributed by atoms with Gasteiger partial charge in [0.05, 0.1) is 6.04 Å². The Morgan fingerprint density at radius 3 is 2.74 bits per heavy atom. The number of carbonyl (C=O) groups excluding carboxylic acids is 3. The third-order valence-corrected chi connectivity index (χ3v) is 8.46. The van der Waals surface area contributed by atoms with Crippen molar-refractivity contribution >= 4 is 34.4 Å². The summed E-state index contributed by atoms with van der Waals surface area (Å²) in [7, 11) is 0. The fourth-order valence-electron chi connectivity index (χ4n) is 6.21. The van der Waals surface area contributed by atoms with E-state index in [1.807, 2.05) is 60.9 Å². The van der Waals surface area contributed by atoms with Gasteiger partial charge in [-0.2, -0.15) is 0 Å². The van der Waals surface area contributed by atoms with Gasteiger partial charge in [0.25, 0.3) is 0 Å². The van der Waals surface area contributed by atoms with Crippen molar-refractivity contribution in [1.29, 1.82) is 0 Å². The van der Waals surface area contributed by atoms with Crippen LogP contribution in [0.3, 0.4) is 0 Å². The summed E-state index contributed by atoms with van der Waals surface area (Å²) in [5.41, 5.74) is 4.78. The van der Waals surface area contributed by atoms with E-state index >= 15 is 0 Å². The van der Waals surface area contributed by atoms with E-state index in [0.717, 1.165) is 22.1 Å². The van der Waals surface area contributed by atoms with Crippen LogP contribution in [0.4, 0.5) is 5.69 Å². The van der Waals surface area contributed by atoms with Crippen molar-refractivity contribution in [2.45, 2.75) is 51.0 Å². The van der Waals surface area contributed by atoms with Gasteiger partial charge >= 0.3 is 0 Å². The summed E-state index contributed by atoms with van der Waals surface area (Å²) < 4.78 is 7.78. The van der Waals surface area contributed by atoms with Gasteiger partial charge in [0, 0.05) is 65.9 Å². The number of aliphatic hydroxyl groups excluding tert-OH is 2. The number of amides is 3. The molecule has 2 aliphatic heterocycles. The Bertz CT molecular complexity index is 1920. The molecule has 12 nitrogen and oxygen atoms in total. The van der Waals surface area contributed by atoms with Gasteiger partial charge in [0.2, 0.25) is 17.7 Å². The van der Waals surface area contributed by atoms with Crippen LogP contribution in [0, 0.1) is 0 Å². The highest BCUT2D eigenvalue weighted by Gasteiger charge is 2.45. The number of furan rings is 1. The highest BCUT2D eigenvalue weighted by atomic mass is 16.3. The number of carbonyl (C=O) groups is 3. The summed E-state index contributed by atoms with van der Waals surface area (Å²) in [6.07, 6.45) is 3.29. The summed E-state index contributed by atoms with van der Waals surface area (Å²) in [6, 6.07) is 19.8. The van der Waals surface area contributed by atoms with Crippen LogP contribution in [0.2, 0.25) is 0 Å². The van der Waals surface area contributed by atoms with Crippen molar-refractivity contribution in [2.24, 2.45) is 0 Å². The largest absolute Gasteiger partial charge is 0.454 e. The Balaban J connectivity index is 0.969. The van der Waals surface area contributed by atoms with Gasteiger partial charge in [-0.1, -0.05) is 36.4 Å². The second kappa shape index (κ2) is 12.2. The number of rotatable bonds is 9. The minimum absolute atomic E-state index is 0.118. The molecule has 5 aromatic rings. The molecule has 7 rings (SSSR count). The van der Waals surface area contributed by atoms with Gasteiger partial charge < -0.3 is 29.8 Å². The Hall–Kier alpha value is -5.30. The standard InChI is InChI=1S/C34H32N6O6/c41-28-11-10-25(32(43)38-28)40-33(44)23-7-3-8-24(30(23)34(40)45)36-16-20-12-14-39(18-20)19-29(42)37-17-22-6-4-13-35-31(22)27-15-21-5-1-2-9-26(21)46-27/h1-9,12-15,18,25,33-34,36,44-45H,10-11,16-17,19H2,(H,37,42)(H,38,41,43). The second-order valence-corrected chi connectivity index (χ2v) is 11.5. The molecule has 5 N–H and O–H groups in total. The minimum atomic E-state index is -1.24. The smallest absolute Gasteiger partial charge is 0.244 e. The number of hydrogen-bond acceptors (Lipinski definition) is 9. The molecule has 46 heavy (non-hydrogen) atoms. The SMILES string of the molecule is O=C(Cn1ccc(CNc2cccc3c2C(O)N(C2CCC(=O)NC2=O)C3O)c1)NCc1cccnc1-c1cc2ccccc2o1. The number of anilines is 1. The number of piperidine rings is 1. The average molecular weight is 621 g/mol. The van der Waals surface area contributed by atoms with E-state index in [0.29, 0.717) is 34.8 Å². The molecule has 0 radical (unpaired) electrons. The minimum Gasteiger partial charge on any atom is -0.454 e. The fraction of sp³-hybridized carbons (Fsp3) is 0.235. The summed E-state index contributed by atoms with van der Waals surface area (Å²) in [4.78, 5) is 42.8. The number of fused-ring (bicyclic) bond motifs is 2. The first-order valence-corrected chi connectivity index (χ1v) is 15.0. The second-order valence-electron chi connectivity index (χ2n) is 11.5. The first-order chi connectivity index (χ1) is 22.4. The van der Waals surface area contributed by atoms with E-state index in [2.05, 4.69) is 20.9 Å². The zero-order valence-corrected chi connectivity index (χ0v) is 24.7. The molecule has 5 heterocycles. The number of aliphatic hydroxyl groups is 2. The van der Waals surface area contributed by atoms with E-state index in [1.165, 1.54) is 4.90 Å². The van der Waals surface area contributed by atoms with Crippen LogP contribution in [0.1, 0.15) is 47.6 Å². The molecule has 12 heteroatoms. The van der Waals surface area contributed by atoms with Crippen LogP contribution < -0.4 is 16.0 Å². The van der Waals surface area contributed by atoms with Crippen LogP contribution in [0.25, 0.3) is 22.4 Å². The molecule has 3 atom stereocenters. The van der Waals surface area contributed by atoms with Crippen molar-refractivity contribution in [3.63, 3.8) is 0 Å². The summed E-state index contributed by atoms with van der Waals surface area (Å²) >= 11 is 0. The first-order valence-electron chi connectivity index (χ1n) is 15.0. The lowest BCUT2D eigenvalue weighted by molar-refractivity contribution is -0.154. The number of benzene rings is 2. The summed E-state index contributed by atoms with van der Waals surface area (Å²) in [6.45, 7) is 0.799. The highest BCUT2D eigenvalue weighted by molar-refractivity contribution is 6.00. The molecule has 0 bridgehead atoms. The van der Waals surface area contributed by atoms with Gasteiger partial charge in [0.15, 0.2) is 5.76 Å². The summed E-state index contributed by atoms with van der Waals surface area (Å²) in [5, 5.41) is 31.7. The lowest BCUT2D eigenvalue weighted by Gasteiger charge is -2.34. The van der Waals surface area contributed by atoms with Crippen LogP contribution in [0.15, 0.2) is 89.7 Å². The predicted octanol–water partition coefficient (Wildman–Crippen LogP) is 3.33. The first kappa shape index (κ1) is 29.4. The molecule has 0 saturated carbocycles. The maximum Gasteiger partial charge on any atom is 0.244 e. The third-order valence-electron chi connectivity index (χ3n) is 8.46. The molecule has 2 aromatic carbocycles. The molecule has 3 unspecified atom stereocenters. The number of hydrogen-bond donors (Lipinski definition) is 5.